The molecule has 5 heteroatoms. The first-order valence-electron chi connectivity index (χ1n) is 16.3. The van der Waals surface area contributed by atoms with Crippen molar-refractivity contribution in [1.82, 2.24) is 9.55 Å². The summed E-state index contributed by atoms with van der Waals surface area (Å²) in [6.45, 7) is 0. The van der Waals surface area contributed by atoms with Crippen LogP contribution >= 0.6 is 0 Å². The monoisotopic (exact) mass is 623 g/mol. The van der Waals surface area contributed by atoms with E-state index in [2.05, 4.69) is 149 Å². The molecule has 0 atom stereocenters. The average Bonchev–Trinajstić information content (AvgIpc) is 3.65. The zero-order chi connectivity index (χ0) is 32.7. The van der Waals surface area contributed by atoms with Gasteiger partial charge in [-0.1, -0.05) is 91.0 Å². The van der Waals surface area contributed by atoms with Gasteiger partial charge in [0.2, 0.25) is 0 Å². The summed E-state index contributed by atoms with van der Waals surface area (Å²) in [5.74, 6) is 1.63. The van der Waals surface area contributed by atoms with E-state index in [9.17, 15) is 10.5 Å². The van der Waals surface area contributed by atoms with Crippen molar-refractivity contribution in [3.8, 4) is 29.1 Å². The van der Waals surface area contributed by atoms with Crippen molar-refractivity contribution in [2.75, 3.05) is 4.90 Å². The first-order valence-corrected chi connectivity index (χ1v) is 16.3. The summed E-state index contributed by atoms with van der Waals surface area (Å²) in [6, 6.07) is 56.9. The van der Waals surface area contributed by atoms with E-state index in [1.54, 1.807) is 0 Å². The van der Waals surface area contributed by atoms with Gasteiger partial charge in [0.05, 0.1) is 51.1 Å². The highest BCUT2D eigenvalue weighted by Crippen LogP contribution is 2.63. The SMILES string of the molecule is N#Cc1ccc2c(c1)C1(c3cc(C#N)ccc3-2)c2ccccc2N(c2cccc(-n3c4ccccc4c4ccccc43)n2)c2ccccc21. The quantitative estimate of drug-likeness (QED) is 0.192. The lowest BCUT2D eigenvalue weighted by molar-refractivity contribution is 0.750. The summed E-state index contributed by atoms with van der Waals surface area (Å²) in [5, 5.41) is 22.5. The van der Waals surface area contributed by atoms with Crippen molar-refractivity contribution in [2.24, 2.45) is 0 Å². The molecule has 0 saturated heterocycles. The van der Waals surface area contributed by atoms with Gasteiger partial charge in [-0.25, -0.2) is 4.98 Å². The number of nitrogens with zero attached hydrogens (tertiary/aromatic N) is 5. The van der Waals surface area contributed by atoms with Gasteiger partial charge >= 0.3 is 0 Å². The van der Waals surface area contributed by atoms with Crippen LogP contribution in [-0.4, -0.2) is 9.55 Å². The topological polar surface area (TPSA) is 68.6 Å². The molecule has 0 radical (unpaired) electrons. The van der Waals surface area contributed by atoms with Gasteiger partial charge in [0.15, 0.2) is 0 Å². The van der Waals surface area contributed by atoms with Crippen LogP contribution in [0, 0.1) is 22.7 Å². The predicted octanol–water partition coefficient (Wildman–Crippen LogP) is 10.1. The molecule has 0 bridgehead atoms. The molecule has 5 nitrogen and oxygen atoms in total. The second-order valence-electron chi connectivity index (χ2n) is 12.6. The number of pyridine rings is 1. The Labute approximate surface area is 282 Å². The third-order valence-electron chi connectivity index (χ3n) is 10.3. The highest BCUT2D eigenvalue weighted by molar-refractivity contribution is 6.09. The van der Waals surface area contributed by atoms with Gasteiger partial charge in [0, 0.05) is 10.8 Å². The van der Waals surface area contributed by atoms with E-state index in [0.29, 0.717) is 11.1 Å². The molecule has 49 heavy (non-hydrogen) atoms. The smallest absolute Gasteiger partial charge is 0.140 e. The zero-order valence-corrected chi connectivity index (χ0v) is 26.2. The Morgan fingerprint density at radius 2 is 0.959 bits per heavy atom. The van der Waals surface area contributed by atoms with Gasteiger partial charge in [0.1, 0.15) is 11.6 Å². The van der Waals surface area contributed by atoms with Crippen molar-refractivity contribution in [1.29, 1.82) is 10.5 Å². The van der Waals surface area contributed by atoms with Crippen LogP contribution in [0.15, 0.2) is 152 Å². The average molecular weight is 624 g/mol. The Morgan fingerprint density at radius 1 is 0.469 bits per heavy atom. The van der Waals surface area contributed by atoms with Crippen molar-refractivity contribution in [3.63, 3.8) is 0 Å². The van der Waals surface area contributed by atoms with Crippen LogP contribution in [0.25, 0.3) is 38.8 Å². The number of hydrogen-bond donors (Lipinski definition) is 0. The van der Waals surface area contributed by atoms with Gasteiger partial charge in [-0.3, -0.25) is 9.47 Å². The predicted molar refractivity (Wildman–Crippen MR) is 194 cm³/mol. The molecule has 10 rings (SSSR count). The van der Waals surface area contributed by atoms with E-state index in [4.69, 9.17) is 4.98 Å². The van der Waals surface area contributed by atoms with Crippen LogP contribution in [0.2, 0.25) is 0 Å². The van der Waals surface area contributed by atoms with E-state index >= 15 is 0 Å². The fraction of sp³-hybridized carbons (Fsp3) is 0.0227. The highest BCUT2D eigenvalue weighted by atomic mass is 15.2. The summed E-state index contributed by atoms with van der Waals surface area (Å²) in [6.07, 6.45) is 0. The maximum atomic E-state index is 10.1. The molecule has 2 aromatic heterocycles. The van der Waals surface area contributed by atoms with Crippen LogP contribution in [0.4, 0.5) is 17.2 Å². The fourth-order valence-electron chi connectivity index (χ4n) is 8.37. The van der Waals surface area contributed by atoms with Crippen LogP contribution in [0.1, 0.15) is 33.4 Å². The van der Waals surface area contributed by atoms with E-state index in [1.165, 1.54) is 10.8 Å². The first kappa shape index (κ1) is 27.2. The lowest BCUT2D eigenvalue weighted by atomic mass is 9.64. The van der Waals surface area contributed by atoms with Gasteiger partial charge in [-0.2, -0.15) is 10.5 Å². The Morgan fingerprint density at radius 3 is 1.51 bits per heavy atom. The molecule has 6 aromatic carbocycles. The van der Waals surface area contributed by atoms with Crippen LogP contribution in [-0.2, 0) is 5.41 Å². The molecule has 1 spiro atoms. The van der Waals surface area contributed by atoms with Gasteiger partial charge in [0.25, 0.3) is 0 Å². The van der Waals surface area contributed by atoms with E-state index in [0.717, 1.165) is 67.4 Å². The molecular formula is C44H25N5. The number of fused-ring (bicyclic) bond motifs is 12. The standard InChI is InChI=1S/C44H25N5/c45-26-28-20-22-30-31-23-21-29(27-46)25-37(31)44(36(30)24-28)34-12-3-7-16-40(34)49(41-17-8-4-13-35(41)44)43-19-9-18-42(47-43)48-38-14-5-1-10-32(38)33-11-2-6-15-39(33)48/h1-25H. The van der Waals surface area contributed by atoms with E-state index < -0.39 is 5.41 Å². The summed E-state index contributed by atoms with van der Waals surface area (Å²) >= 11 is 0. The van der Waals surface area contributed by atoms with Crippen molar-refractivity contribution < 1.29 is 0 Å². The third kappa shape index (κ3) is 3.54. The molecule has 3 heterocycles. The lowest BCUT2D eigenvalue weighted by Crippen LogP contribution is -2.36. The van der Waals surface area contributed by atoms with E-state index in [1.807, 2.05) is 24.3 Å². The first-order chi connectivity index (χ1) is 24.2. The molecule has 0 N–H and O–H groups in total. The summed E-state index contributed by atoms with van der Waals surface area (Å²) in [7, 11) is 0. The number of rotatable bonds is 2. The second-order valence-corrected chi connectivity index (χ2v) is 12.6. The molecule has 1 aliphatic heterocycles. The normalized spacial score (nSPS) is 13.4. The molecule has 2 aliphatic rings. The van der Waals surface area contributed by atoms with Crippen LogP contribution in [0.3, 0.4) is 0 Å². The van der Waals surface area contributed by atoms with Crippen molar-refractivity contribution in [2.45, 2.75) is 5.41 Å². The fourth-order valence-corrected chi connectivity index (χ4v) is 8.37. The van der Waals surface area contributed by atoms with Gasteiger partial charge in [-0.15, -0.1) is 0 Å². The number of nitriles is 2. The molecule has 0 amide bonds. The largest absolute Gasteiger partial charge is 0.294 e. The number of aromatic nitrogens is 2. The molecule has 0 saturated carbocycles. The summed E-state index contributed by atoms with van der Waals surface area (Å²) in [5.41, 5.74) is 11.0. The van der Waals surface area contributed by atoms with Crippen molar-refractivity contribution in [3.05, 3.63) is 185 Å². The minimum atomic E-state index is -0.751. The Balaban J connectivity index is 1.27. The number of benzene rings is 6. The second kappa shape index (κ2) is 10.0. The Bertz CT molecular complexity index is 2610. The van der Waals surface area contributed by atoms with Gasteiger partial charge < -0.3 is 0 Å². The Kier molecular flexibility index (Phi) is 5.56. The van der Waals surface area contributed by atoms with Crippen molar-refractivity contribution >= 4 is 39.0 Å². The molecular weight excluding hydrogens is 599 g/mol. The maximum Gasteiger partial charge on any atom is 0.140 e. The maximum absolute atomic E-state index is 10.1. The Hall–Kier alpha value is -6.95. The number of para-hydroxylation sites is 4. The molecule has 0 fully saturated rings. The summed E-state index contributed by atoms with van der Waals surface area (Å²) < 4.78 is 2.24. The number of hydrogen-bond acceptors (Lipinski definition) is 4. The molecule has 226 valence electrons. The lowest BCUT2D eigenvalue weighted by Gasteiger charge is -2.44. The molecule has 8 aromatic rings. The minimum Gasteiger partial charge on any atom is -0.294 e. The molecule has 0 unspecified atom stereocenters. The van der Waals surface area contributed by atoms with E-state index in [-0.39, 0.29) is 0 Å². The van der Waals surface area contributed by atoms with Crippen LogP contribution < -0.4 is 4.90 Å². The third-order valence-corrected chi connectivity index (χ3v) is 10.3. The molecule has 1 aliphatic carbocycles. The minimum absolute atomic E-state index is 0.601. The zero-order valence-electron chi connectivity index (χ0n) is 26.2. The summed E-state index contributed by atoms with van der Waals surface area (Å²) in [4.78, 5) is 7.66. The number of anilines is 3. The highest BCUT2D eigenvalue weighted by Gasteiger charge is 2.52. The van der Waals surface area contributed by atoms with Crippen LogP contribution in [0.5, 0.6) is 0 Å². The van der Waals surface area contributed by atoms with Gasteiger partial charge in [-0.05, 0) is 94.0 Å².